The minimum Gasteiger partial charge on any atom is -0.339 e. The van der Waals surface area contributed by atoms with E-state index in [1.165, 1.54) is 24.3 Å². The summed E-state index contributed by atoms with van der Waals surface area (Å²) in [5, 5.41) is 5.47. The number of halogens is 2. The number of nitrogens with zero attached hydrogens (tertiary/aromatic N) is 1. The second-order valence-corrected chi connectivity index (χ2v) is 6.75. The number of thioether (sulfide) groups is 1. The van der Waals surface area contributed by atoms with E-state index in [1.54, 1.807) is 16.7 Å². The van der Waals surface area contributed by atoms with Gasteiger partial charge < -0.3 is 21.3 Å². The molecule has 1 fully saturated rings. The van der Waals surface area contributed by atoms with Crippen LogP contribution in [0.2, 0.25) is 0 Å². The summed E-state index contributed by atoms with van der Waals surface area (Å²) < 4.78 is 12.8. The molecular weight excluding hydrogens is 367 g/mol. The topological polar surface area (TPSA) is 87.5 Å². The van der Waals surface area contributed by atoms with Crippen LogP contribution in [0.15, 0.2) is 24.3 Å². The van der Waals surface area contributed by atoms with E-state index in [1.807, 2.05) is 6.26 Å². The molecule has 1 saturated heterocycles. The molecule has 3 amide bonds. The molecule has 1 aliphatic rings. The van der Waals surface area contributed by atoms with Crippen molar-refractivity contribution in [2.45, 2.75) is 24.9 Å². The second-order valence-electron chi connectivity index (χ2n) is 5.76. The molecular formula is C16H24ClFN4O2S. The Balaban J connectivity index is 0.00000312. The van der Waals surface area contributed by atoms with Crippen molar-refractivity contribution in [3.8, 4) is 0 Å². The van der Waals surface area contributed by atoms with Gasteiger partial charge in [0.2, 0.25) is 5.91 Å². The maximum Gasteiger partial charge on any atom is 0.319 e. The Morgan fingerprint density at radius 2 is 2.08 bits per heavy atom. The van der Waals surface area contributed by atoms with Crippen LogP contribution in [0.4, 0.5) is 14.9 Å². The van der Waals surface area contributed by atoms with Gasteiger partial charge >= 0.3 is 6.03 Å². The van der Waals surface area contributed by atoms with Crippen molar-refractivity contribution in [1.82, 2.24) is 10.2 Å². The summed E-state index contributed by atoms with van der Waals surface area (Å²) in [6, 6.07) is 4.58. The van der Waals surface area contributed by atoms with Crippen molar-refractivity contribution in [2.75, 3.05) is 30.4 Å². The Morgan fingerprint density at radius 1 is 1.40 bits per heavy atom. The number of nitrogens with two attached hydrogens (primary N) is 1. The van der Waals surface area contributed by atoms with Gasteiger partial charge in [0, 0.05) is 24.8 Å². The van der Waals surface area contributed by atoms with Crippen molar-refractivity contribution >= 4 is 41.8 Å². The smallest absolute Gasteiger partial charge is 0.319 e. The van der Waals surface area contributed by atoms with Crippen molar-refractivity contribution < 1.29 is 14.0 Å². The number of urea groups is 1. The minimum atomic E-state index is -0.482. The van der Waals surface area contributed by atoms with E-state index in [4.69, 9.17) is 5.73 Å². The van der Waals surface area contributed by atoms with Crippen LogP contribution in [-0.2, 0) is 4.79 Å². The highest BCUT2D eigenvalue weighted by atomic mass is 35.5. The van der Waals surface area contributed by atoms with Gasteiger partial charge in [-0.3, -0.25) is 4.79 Å². The molecule has 0 bridgehead atoms. The Kier molecular flexibility index (Phi) is 9.02. The standard InChI is InChI=1S/C16H23FN4O2S.ClH/c1-24-9-7-14(18)15(22)21-8-6-13(10-21)20-16(23)19-12-4-2-11(17)3-5-12;/h2-5,13-14H,6-10,18H2,1H3,(H2,19,20,23);1H/t13?,14-;/m0./s1. The van der Waals surface area contributed by atoms with Gasteiger partial charge in [-0.05, 0) is 49.1 Å². The van der Waals surface area contributed by atoms with Crippen LogP contribution in [0, 0.1) is 5.82 Å². The molecule has 1 aromatic carbocycles. The highest BCUT2D eigenvalue weighted by Gasteiger charge is 2.29. The number of carbonyl (C=O) groups excluding carboxylic acids is 2. The predicted molar refractivity (Wildman–Crippen MR) is 102 cm³/mol. The number of nitrogens with one attached hydrogen (secondary N) is 2. The lowest BCUT2D eigenvalue weighted by Crippen LogP contribution is -2.45. The summed E-state index contributed by atoms with van der Waals surface area (Å²) in [5.74, 6) is 0.429. The highest BCUT2D eigenvalue weighted by molar-refractivity contribution is 7.98. The van der Waals surface area contributed by atoms with Crippen LogP contribution < -0.4 is 16.4 Å². The van der Waals surface area contributed by atoms with Crippen molar-refractivity contribution in [1.29, 1.82) is 0 Å². The van der Waals surface area contributed by atoms with E-state index in [0.29, 0.717) is 31.6 Å². The monoisotopic (exact) mass is 390 g/mol. The first-order valence-corrected chi connectivity index (χ1v) is 9.25. The molecule has 0 spiro atoms. The average Bonchev–Trinajstić information content (AvgIpc) is 3.02. The largest absolute Gasteiger partial charge is 0.339 e. The normalized spacial score (nSPS) is 17.6. The molecule has 1 unspecified atom stereocenters. The molecule has 1 aromatic rings. The molecule has 0 radical (unpaired) electrons. The van der Waals surface area contributed by atoms with Crippen molar-refractivity contribution in [3.05, 3.63) is 30.1 Å². The zero-order valence-corrected chi connectivity index (χ0v) is 15.7. The molecule has 1 heterocycles. The maximum absolute atomic E-state index is 12.8. The maximum atomic E-state index is 12.8. The summed E-state index contributed by atoms with van der Waals surface area (Å²) in [5.41, 5.74) is 6.42. The number of benzene rings is 1. The first-order chi connectivity index (χ1) is 11.5. The van der Waals surface area contributed by atoms with Gasteiger partial charge in [0.1, 0.15) is 5.82 Å². The zero-order valence-electron chi connectivity index (χ0n) is 14.0. The Labute approximate surface area is 157 Å². The van der Waals surface area contributed by atoms with Crippen molar-refractivity contribution in [2.24, 2.45) is 5.73 Å². The fourth-order valence-corrected chi connectivity index (χ4v) is 3.06. The van der Waals surface area contributed by atoms with Crippen LogP contribution in [0.3, 0.4) is 0 Å². The predicted octanol–water partition coefficient (Wildman–Crippen LogP) is 2.05. The number of likely N-dealkylation sites (tertiary alicyclic amines) is 1. The number of hydrogen-bond donors (Lipinski definition) is 3. The molecule has 0 aromatic heterocycles. The van der Waals surface area contributed by atoms with Gasteiger partial charge in [-0.1, -0.05) is 0 Å². The highest BCUT2D eigenvalue weighted by Crippen LogP contribution is 2.13. The van der Waals surface area contributed by atoms with E-state index in [0.717, 1.165) is 5.75 Å². The molecule has 4 N–H and O–H groups in total. The van der Waals surface area contributed by atoms with Gasteiger partial charge in [-0.15, -0.1) is 12.4 Å². The lowest BCUT2D eigenvalue weighted by molar-refractivity contribution is -0.131. The van der Waals surface area contributed by atoms with E-state index >= 15 is 0 Å². The summed E-state index contributed by atoms with van der Waals surface area (Å²) in [4.78, 5) is 25.9. The second kappa shape index (κ2) is 10.5. The molecule has 9 heteroatoms. The Morgan fingerprint density at radius 3 is 2.72 bits per heavy atom. The van der Waals surface area contributed by atoms with Gasteiger partial charge in [0.25, 0.3) is 0 Å². The van der Waals surface area contributed by atoms with Gasteiger partial charge in [-0.25, -0.2) is 9.18 Å². The molecule has 6 nitrogen and oxygen atoms in total. The number of carbonyl (C=O) groups is 2. The molecule has 2 atom stereocenters. The first-order valence-electron chi connectivity index (χ1n) is 7.86. The SMILES string of the molecule is CSCC[C@H](N)C(=O)N1CCC(NC(=O)Nc2ccc(F)cc2)C1.Cl. The number of amides is 3. The quantitative estimate of drug-likeness (QED) is 0.693. The fraction of sp³-hybridized carbons (Fsp3) is 0.500. The molecule has 140 valence electrons. The summed E-state index contributed by atoms with van der Waals surface area (Å²) >= 11 is 1.66. The van der Waals surface area contributed by atoms with Crippen molar-refractivity contribution in [3.63, 3.8) is 0 Å². The third-order valence-corrected chi connectivity index (χ3v) is 4.53. The number of rotatable bonds is 6. The van der Waals surface area contributed by atoms with Gasteiger partial charge in [-0.2, -0.15) is 11.8 Å². The summed E-state index contributed by atoms with van der Waals surface area (Å²) in [6.07, 6.45) is 3.32. The third kappa shape index (κ3) is 6.72. The van der Waals surface area contributed by atoms with Gasteiger partial charge in [0.05, 0.1) is 6.04 Å². The first kappa shape index (κ1) is 21.5. The van der Waals surface area contributed by atoms with E-state index in [-0.39, 0.29) is 36.2 Å². The zero-order chi connectivity index (χ0) is 17.5. The third-order valence-electron chi connectivity index (χ3n) is 3.89. The summed E-state index contributed by atoms with van der Waals surface area (Å²) in [6.45, 7) is 1.05. The van der Waals surface area contributed by atoms with E-state index in [2.05, 4.69) is 10.6 Å². The Bertz CT molecular complexity index is 576. The minimum absolute atomic E-state index is 0. The average molecular weight is 391 g/mol. The summed E-state index contributed by atoms with van der Waals surface area (Å²) in [7, 11) is 0. The molecule has 25 heavy (non-hydrogen) atoms. The molecule has 1 aliphatic heterocycles. The van der Waals surface area contributed by atoms with Crippen LogP contribution in [-0.4, -0.2) is 54.0 Å². The fourth-order valence-electron chi connectivity index (χ4n) is 2.57. The van der Waals surface area contributed by atoms with Crippen LogP contribution in [0.5, 0.6) is 0 Å². The van der Waals surface area contributed by atoms with Gasteiger partial charge in [0.15, 0.2) is 0 Å². The lowest BCUT2D eigenvalue weighted by Gasteiger charge is -2.21. The van der Waals surface area contributed by atoms with E-state index < -0.39 is 6.04 Å². The molecule has 2 rings (SSSR count). The van der Waals surface area contributed by atoms with E-state index in [9.17, 15) is 14.0 Å². The lowest BCUT2D eigenvalue weighted by atomic mass is 10.2. The van der Waals surface area contributed by atoms with Crippen LogP contribution >= 0.6 is 24.2 Å². The number of hydrogen-bond acceptors (Lipinski definition) is 4. The molecule has 0 saturated carbocycles. The van der Waals surface area contributed by atoms with Crippen LogP contribution in [0.25, 0.3) is 0 Å². The number of anilines is 1. The Hall–Kier alpha value is -1.51. The molecule has 0 aliphatic carbocycles. The van der Waals surface area contributed by atoms with Crippen LogP contribution in [0.1, 0.15) is 12.8 Å².